The molecule has 1 N–H and O–H groups in total. The number of hydrogen-bond donors (Lipinski definition) is 1. The molecular formula is C25H24ClFN4O4. The fourth-order valence-corrected chi connectivity index (χ4v) is 5.13. The van der Waals surface area contributed by atoms with Gasteiger partial charge in [0.25, 0.3) is 11.5 Å². The lowest BCUT2D eigenvalue weighted by atomic mass is 9.99. The van der Waals surface area contributed by atoms with Crippen molar-refractivity contribution in [3.63, 3.8) is 0 Å². The third kappa shape index (κ3) is 3.75. The van der Waals surface area contributed by atoms with Crippen molar-refractivity contribution in [2.24, 2.45) is 0 Å². The molecule has 0 unspecified atom stereocenters. The molecule has 4 heterocycles. The van der Waals surface area contributed by atoms with E-state index in [0.717, 1.165) is 24.2 Å². The number of aromatic amines is 1. The Kier molecular flexibility index (Phi) is 5.98. The lowest BCUT2D eigenvalue weighted by molar-refractivity contribution is 0.0835. The number of H-pyrrole nitrogens is 1. The van der Waals surface area contributed by atoms with E-state index in [1.807, 2.05) is 4.40 Å². The van der Waals surface area contributed by atoms with Crippen molar-refractivity contribution >= 4 is 40.6 Å². The second-order valence-electron chi connectivity index (χ2n) is 8.73. The minimum Gasteiger partial charge on any atom is -0.496 e. The molecule has 0 saturated carbocycles. The molecule has 2 aromatic carbocycles. The molecule has 182 valence electrons. The van der Waals surface area contributed by atoms with Crippen molar-refractivity contribution in [2.75, 3.05) is 31.8 Å². The van der Waals surface area contributed by atoms with Crippen LogP contribution in [-0.4, -0.2) is 47.1 Å². The summed E-state index contributed by atoms with van der Waals surface area (Å²) in [5.74, 6) is 0.799. The van der Waals surface area contributed by atoms with Gasteiger partial charge in [0.15, 0.2) is 0 Å². The van der Waals surface area contributed by atoms with E-state index in [1.165, 1.54) is 19.2 Å². The van der Waals surface area contributed by atoms with Crippen LogP contribution in [0.25, 0.3) is 16.6 Å². The van der Waals surface area contributed by atoms with Crippen LogP contribution >= 0.6 is 12.4 Å². The van der Waals surface area contributed by atoms with Gasteiger partial charge in [-0.2, -0.15) is 0 Å². The minimum atomic E-state index is -0.321. The number of imidazole rings is 1. The van der Waals surface area contributed by atoms with Crippen LogP contribution < -0.4 is 15.2 Å². The number of nitrogens with zero attached hydrogens (tertiary/aromatic N) is 3. The van der Waals surface area contributed by atoms with Crippen LogP contribution in [0.15, 0.2) is 41.3 Å². The molecule has 0 atom stereocenters. The second-order valence-corrected chi connectivity index (χ2v) is 8.73. The van der Waals surface area contributed by atoms with E-state index in [4.69, 9.17) is 9.47 Å². The Labute approximate surface area is 206 Å². The quantitative estimate of drug-likeness (QED) is 0.463. The molecule has 2 aliphatic heterocycles. The summed E-state index contributed by atoms with van der Waals surface area (Å²) < 4.78 is 26.6. The lowest BCUT2D eigenvalue weighted by Gasteiger charge is -2.22. The first kappa shape index (κ1) is 23.3. The van der Waals surface area contributed by atoms with Crippen molar-refractivity contribution in [3.05, 3.63) is 69.7 Å². The Morgan fingerprint density at radius 3 is 2.77 bits per heavy atom. The van der Waals surface area contributed by atoms with Gasteiger partial charge >= 0.3 is 0 Å². The summed E-state index contributed by atoms with van der Waals surface area (Å²) >= 11 is 0. The van der Waals surface area contributed by atoms with Gasteiger partial charge in [-0.05, 0) is 49.1 Å². The van der Waals surface area contributed by atoms with Gasteiger partial charge in [0.05, 0.1) is 29.9 Å². The number of amides is 1. The van der Waals surface area contributed by atoms with E-state index in [9.17, 15) is 14.0 Å². The normalized spacial score (nSPS) is 15.9. The number of fused-ring (bicyclic) bond motifs is 4. The van der Waals surface area contributed by atoms with Gasteiger partial charge in [-0.15, -0.1) is 12.4 Å². The topological polar surface area (TPSA) is 88.9 Å². The fraction of sp³-hybridized carbons (Fsp3) is 0.320. The van der Waals surface area contributed by atoms with Gasteiger partial charge in [-0.1, -0.05) is 0 Å². The summed E-state index contributed by atoms with van der Waals surface area (Å²) in [6.07, 6.45) is 3.83. The van der Waals surface area contributed by atoms with E-state index in [-0.39, 0.29) is 35.6 Å². The summed E-state index contributed by atoms with van der Waals surface area (Å²) in [6, 6.07) is 7.88. The van der Waals surface area contributed by atoms with E-state index >= 15 is 0 Å². The van der Waals surface area contributed by atoms with Gasteiger partial charge in [0.1, 0.15) is 22.9 Å². The van der Waals surface area contributed by atoms with Gasteiger partial charge < -0.3 is 19.4 Å². The molecule has 0 aliphatic carbocycles. The summed E-state index contributed by atoms with van der Waals surface area (Å²) in [5, 5.41) is 0. The number of benzene rings is 2. The molecule has 2 aromatic heterocycles. The van der Waals surface area contributed by atoms with Gasteiger partial charge in [-0.25, -0.2) is 9.37 Å². The molecule has 0 bridgehead atoms. The first-order valence-corrected chi connectivity index (χ1v) is 11.3. The maximum absolute atomic E-state index is 13.6. The highest BCUT2D eigenvalue weighted by molar-refractivity contribution is 6.10. The SMILES string of the molecule is COc1cc2c(cc1C(=O)N1CCc3cc(F)ccc31)[nH]c(=O)c1cnc(C3CCOCC3)n12.Cl. The fourth-order valence-electron chi connectivity index (χ4n) is 5.13. The van der Waals surface area contributed by atoms with Crippen molar-refractivity contribution in [2.45, 2.75) is 25.2 Å². The van der Waals surface area contributed by atoms with E-state index in [2.05, 4.69) is 9.97 Å². The average Bonchev–Trinajstić information content (AvgIpc) is 3.48. The number of rotatable bonds is 3. The number of anilines is 1. The molecule has 0 radical (unpaired) electrons. The van der Waals surface area contributed by atoms with E-state index in [0.29, 0.717) is 59.7 Å². The number of nitrogens with one attached hydrogen (secondary N) is 1. The number of ether oxygens (including phenoxy) is 2. The summed E-state index contributed by atoms with van der Waals surface area (Å²) in [7, 11) is 1.52. The number of hydrogen-bond acceptors (Lipinski definition) is 5. The third-order valence-electron chi connectivity index (χ3n) is 6.83. The maximum atomic E-state index is 13.6. The molecule has 4 aromatic rings. The molecule has 35 heavy (non-hydrogen) atoms. The zero-order chi connectivity index (χ0) is 23.4. The Morgan fingerprint density at radius 2 is 2.00 bits per heavy atom. The number of carbonyl (C=O) groups is 1. The summed E-state index contributed by atoms with van der Waals surface area (Å²) in [6.45, 7) is 1.76. The highest BCUT2D eigenvalue weighted by Gasteiger charge is 2.29. The predicted octanol–water partition coefficient (Wildman–Crippen LogP) is 3.84. The van der Waals surface area contributed by atoms with Gasteiger partial charge in [0.2, 0.25) is 0 Å². The largest absolute Gasteiger partial charge is 0.496 e. The van der Waals surface area contributed by atoms with Gasteiger partial charge in [-0.3, -0.25) is 14.0 Å². The Balaban J connectivity index is 0.00000253. The number of carbonyl (C=O) groups excluding carboxylic acids is 1. The Morgan fingerprint density at radius 1 is 1.20 bits per heavy atom. The first-order valence-electron chi connectivity index (χ1n) is 11.3. The maximum Gasteiger partial charge on any atom is 0.274 e. The number of aromatic nitrogens is 3. The third-order valence-corrected chi connectivity index (χ3v) is 6.83. The Bertz CT molecular complexity index is 1510. The van der Waals surface area contributed by atoms with Crippen molar-refractivity contribution in [1.82, 2.24) is 14.4 Å². The van der Waals surface area contributed by atoms with Crippen LogP contribution in [0.3, 0.4) is 0 Å². The smallest absolute Gasteiger partial charge is 0.274 e. The van der Waals surface area contributed by atoms with Crippen molar-refractivity contribution in [3.8, 4) is 5.75 Å². The monoisotopic (exact) mass is 498 g/mol. The molecule has 1 saturated heterocycles. The van der Waals surface area contributed by atoms with Gasteiger partial charge in [0, 0.05) is 37.4 Å². The molecule has 1 fully saturated rings. The van der Waals surface area contributed by atoms with Crippen LogP contribution in [0.5, 0.6) is 5.75 Å². The number of halogens is 2. The average molecular weight is 499 g/mol. The van der Waals surface area contributed by atoms with Crippen LogP contribution in [0.4, 0.5) is 10.1 Å². The van der Waals surface area contributed by atoms with E-state index < -0.39 is 0 Å². The van der Waals surface area contributed by atoms with Crippen molar-refractivity contribution < 1.29 is 18.7 Å². The van der Waals surface area contributed by atoms with Crippen LogP contribution in [0, 0.1) is 5.82 Å². The Hall–Kier alpha value is -3.43. The lowest BCUT2D eigenvalue weighted by Crippen LogP contribution is -2.29. The number of methoxy groups -OCH3 is 1. The highest BCUT2D eigenvalue weighted by Crippen LogP contribution is 2.34. The second kappa shape index (κ2) is 8.98. The molecule has 8 nitrogen and oxygen atoms in total. The molecule has 6 rings (SSSR count). The zero-order valence-corrected chi connectivity index (χ0v) is 19.9. The van der Waals surface area contributed by atoms with E-state index in [1.54, 1.807) is 29.3 Å². The summed E-state index contributed by atoms with van der Waals surface area (Å²) in [5.41, 5.74) is 3.22. The van der Waals surface area contributed by atoms with Crippen LogP contribution in [0.1, 0.15) is 40.5 Å². The molecule has 0 spiro atoms. The first-order chi connectivity index (χ1) is 16.5. The summed E-state index contributed by atoms with van der Waals surface area (Å²) in [4.78, 5) is 35.5. The highest BCUT2D eigenvalue weighted by atomic mass is 35.5. The van der Waals surface area contributed by atoms with Crippen LogP contribution in [0.2, 0.25) is 0 Å². The van der Waals surface area contributed by atoms with Crippen LogP contribution in [-0.2, 0) is 11.2 Å². The molecule has 1 amide bonds. The van der Waals surface area contributed by atoms with Crippen molar-refractivity contribution in [1.29, 1.82) is 0 Å². The predicted molar refractivity (Wildman–Crippen MR) is 132 cm³/mol. The standard InChI is InChI=1S/C25H23FN4O4.ClH/c1-33-22-12-20-18(11-17(22)25(32)29-7-4-15-10-16(26)2-3-19(15)29)28-24(31)21-13-27-23(30(20)21)14-5-8-34-9-6-14;/h2-3,10-14H,4-9H2,1H3,(H,28,31);1H. The molecule has 10 heteroatoms. The minimum absolute atomic E-state index is 0. The zero-order valence-electron chi connectivity index (χ0n) is 19.0. The molecular weight excluding hydrogens is 475 g/mol. The molecule has 2 aliphatic rings.